The highest BCUT2D eigenvalue weighted by Crippen LogP contribution is 2.39. The average molecular weight is 681 g/mol. The Labute approximate surface area is 283 Å². The maximum absolute atomic E-state index is 7.53. The second-order valence-corrected chi connectivity index (χ2v) is 17.9. The molecule has 6 heteroatoms. The van der Waals surface area contributed by atoms with Crippen molar-refractivity contribution in [3.63, 3.8) is 0 Å². The summed E-state index contributed by atoms with van der Waals surface area (Å²) in [5, 5.41) is 5.64. The third-order valence-corrected chi connectivity index (χ3v) is 10.6. The van der Waals surface area contributed by atoms with Crippen LogP contribution in [-0.4, -0.2) is 18.0 Å². The van der Waals surface area contributed by atoms with Gasteiger partial charge in [-0.2, -0.15) is 0 Å². The van der Waals surface area contributed by atoms with Crippen LogP contribution in [0.15, 0.2) is 123 Å². The number of hydrogen-bond acceptors (Lipinski definition) is 4. The molecule has 0 saturated carbocycles. The van der Waals surface area contributed by atoms with Crippen LogP contribution in [0.4, 0.5) is 0 Å². The van der Waals surface area contributed by atoms with E-state index in [0.717, 1.165) is 59.5 Å². The van der Waals surface area contributed by atoms with Crippen molar-refractivity contribution in [3.8, 4) is 22.5 Å². The monoisotopic (exact) mass is 679 g/mol. The molecule has 4 aromatic heterocycles. The molecule has 8 rings (SSSR count). The Bertz CT molecular complexity index is 2560. The highest BCUT2D eigenvalue weighted by atomic mass is 79.9. The fourth-order valence-electron chi connectivity index (χ4n) is 5.75. The van der Waals surface area contributed by atoms with Gasteiger partial charge in [-0.15, -0.1) is 0 Å². The average Bonchev–Trinajstić information content (AvgIpc) is 3.67. The summed E-state index contributed by atoms with van der Waals surface area (Å²) < 4.78 is 58.2. The Hall–Kier alpha value is -4.52. The van der Waals surface area contributed by atoms with Crippen molar-refractivity contribution in [1.29, 1.82) is 0 Å². The zero-order valence-electron chi connectivity index (χ0n) is 32.0. The molecule has 4 aromatic carbocycles. The smallest absolute Gasteiger partial charge is 0.145 e. The molecule has 8 aromatic rings. The van der Waals surface area contributed by atoms with Crippen molar-refractivity contribution in [2.24, 2.45) is 0 Å². The van der Waals surface area contributed by atoms with Gasteiger partial charge in [0.25, 0.3) is 0 Å². The topological polar surface area (TPSA) is 52.1 Å². The molecule has 0 N–H and O–H groups in total. The normalized spacial score (nSPS) is 14.3. The summed E-state index contributed by atoms with van der Waals surface area (Å²) >= 11 is 3.59. The van der Waals surface area contributed by atoms with E-state index in [-0.39, 0.29) is 14.0 Å². The van der Waals surface area contributed by atoms with Crippen molar-refractivity contribution >= 4 is 73.1 Å². The fraction of sp³-hybridized carbons (Fsp3) is 0.128. The highest BCUT2D eigenvalue weighted by Gasteiger charge is 2.24. The minimum absolute atomic E-state index is 0. The Morgan fingerprint density at radius 1 is 0.644 bits per heavy atom. The van der Waals surface area contributed by atoms with Gasteiger partial charge < -0.3 is 10.3 Å². The number of pyridine rings is 2. The Morgan fingerprint density at radius 3 is 1.67 bits per heavy atom. The molecule has 0 aliphatic carbocycles. The number of rotatable bonds is 3. The van der Waals surface area contributed by atoms with E-state index in [0.29, 0.717) is 11.4 Å². The van der Waals surface area contributed by atoms with Crippen molar-refractivity contribution in [1.82, 2.24) is 9.97 Å². The van der Waals surface area contributed by atoms with Crippen LogP contribution < -0.4 is 5.19 Å². The number of nitrogens with zero attached hydrogens (tertiary/aromatic N) is 2. The molecule has 0 unspecified atom stereocenters. The molecular weight excluding hydrogens is 636 g/mol. The van der Waals surface area contributed by atoms with Gasteiger partial charge in [-0.1, -0.05) is 90.2 Å². The quantitative estimate of drug-likeness (QED) is 0.174. The molecular formula is C39H36BrN2O2Si-. The molecule has 0 spiro atoms. The van der Waals surface area contributed by atoms with Crippen LogP contribution >= 0.6 is 15.9 Å². The Kier molecular flexibility index (Phi) is 5.82. The van der Waals surface area contributed by atoms with Gasteiger partial charge in [0.05, 0.1) is 19.5 Å². The van der Waals surface area contributed by atoms with E-state index in [1.807, 2.05) is 54.6 Å². The summed E-state index contributed by atoms with van der Waals surface area (Å²) in [4.78, 5) is 8.75. The zero-order valence-corrected chi connectivity index (χ0v) is 27.6. The third kappa shape index (κ3) is 5.38. The minimum atomic E-state index is -2.15. The number of aromatic nitrogens is 2. The van der Waals surface area contributed by atoms with Crippen molar-refractivity contribution in [3.05, 3.63) is 125 Å². The van der Waals surface area contributed by atoms with Crippen molar-refractivity contribution < 1.29 is 19.9 Å². The summed E-state index contributed by atoms with van der Waals surface area (Å²) in [6.45, 7) is 2.67. The van der Waals surface area contributed by atoms with Gasteiger partial charge in [-0.05, 0) is 72.5 Å². The lowest BCUT2D eigenvalue weighted by atomic mass is 10.1. The predicted molar refractivity (Wildman–Crippen MR) is 197 cm³/mol. The zero-order chi connectivity index (χ0) is 36.3. The van der Waals surface area contributed by atoms with Crippen LogP contribution in [0.3, 0.4) is 0 Å². The van der Waals surface area contributed by atoms with E-state index in [1.54, 1.807) is 24.3 Å². The summed E-state index contributed by atoms with van der Waals surface area (Å²) in [6.07, 6.45) is 2.84. The summed E-state index contributed by atoms with van der Waals surface area (Å²) in [5.74, 6) is 0. The Balaban J connectivity index is 0.000000198. The van der Waals surface area contributed by atoms with E-state index in [1.165, 1.54) is 17.6 Å². The number of para-hydroxylation sites is 2. The van der Waals surface area contributed by atoms with Gasteiger partial charge >= 0.3 is 0 Å². The first kappa shape index (κ1) is 22.9. The van der Waals surface area contributed by atoms with Crippen molar-refractivity contribution in [2.75, 3.05) is 0 Å². The van der Waals surface area contributed by atoms with Gasteiger partial charge in [0.15, 0.2) is 0 Å². The second kappa shape index (κ2) is 11.4. The molecule has 4 nitrogen and oxygen atoms in total. The lowest BCUT2D eigenvalue weighted by Crippen LogP contribution is -2.37. The Morgan fingerprint density at radius 2 is 1.16 bits per heavy atom. The molecule has 4 heterocycles. The number of hydrogen-bond donors (Lipinski definition) is 0. The van der Waals surface area contributed by atoms with E-state index >= 15 is 0 Å². The fourth-order valence-corrected chi connectivity index (χ4v) is 7.86. The summed E-state index contributed by atoms with van der Waals surface area (Å²) in [7, 11) is -1.59. The van der Waals surface area contributed by atoms with Crippen LogP contribution in [0.2, 0.25) is 19.6 Å². The number of aryl methyl sites for hydroxylation is 2. The largest absolute Gasteiger partial charge is 1.00 e. The molecule has 0 aliphatic rings. The molecule has 226 valence electrons. The standard InChI is InChI=1S/C21H21NOSi.C18H12BrNO.H2.H/c1-14-9-11-17(22-13-14)15-10-12-19(24(2,3)4)20-16-7-5-6-8-18(16)23-21(15)20;1-11-6-9-15(20-10-11)12-7-8-14(19)17-13-4-2-3-5-16(13)21-18(12)17;;/h5-13H,1-4H3;2-10H,1H3;1H;/q;;;-1/i2*1D3;2*1+1. The van der Waals surface area contributed by atoms with Crippen LogP contribution in [0.5, 0.6) is 0 Å². The van der Waals surface area contributed by atoms with Gasteiger partial charge in [0.2, 0.25) is 0 Å². The van der Waals surface area contributed by atoms with Gasteiger partial charge in [0, 0.05) is 59.2 Å². The van der Waals surface area contributed by atoms with Gasteiger partial charge in [0.1, 0.15) is 22.3 Å². The highest BCUT2D eigenvalue weighted by molar-refractivity contribution is 9.10. The number of halogens is 1. The van der Waals surface area contributed by atoms with Crippen LogP contribution in [-0.2, 0) is 0 Å². The molecule has 0 fully saturated rings. The molecule has 0 saturated heterocycles. The number of furan rings is 2. The lowest BCUT2D eigenvalue weighted by Gasteiger charge is -2.18. The SMILES string of the molecule is [2H-].[2HH].[2H]C([2H])([2H])c1ccc(-c2ccc(Br)c3c2oc2ccccc23)nc1.[2H]C([2H])([2H])c1ccc(-c2ccc([Si](C)(C)C)c3c2oc2ccccc23)nc1. The van der Waals surface area contributed by atoms with E-state index in [2.05, 4.69) is 63.7 Å². The van der Waals surface area contributed by atoms with E-state index in [4.69, 9.17) is 17.1 Å². The molecule has 0 radical (unpaired) electrons. The van der Waals surface area contributed by atoms with E-state index in [9.17, 15) is 0 Å². The van der Waals surface area contributed by atoms with Gasteiger partial charge in [-0.25, -0.2) is 0 Å². The first-order valence-electron chi connectivity index (χ1n) is 17.6. The summed E-state index contributed by atoms with van der Waals surface area (Å²) in [5.41, 5.74) is 6.81. The predicted octanol–water partition coefficient (Wildman–Crippen LogP) is 11.6. The molecule has 45 heavy (non-hydrogen) atoms. The van der Waals surface area contributed by atoms with Crippen LogP contribution in [0.25, 0.3) is 66.4 Å². The number of benzene rings is 4. The second-order valence-electron chi connectivity index (χ2n) is 12.0. The lowest BCUT2D eigenvalue weighted by molar-refractivity contribution is 0.669. The first-order chi connectivity index (χ1) is 24.1. The minimum Gasteiger partial charge on any atom is -1.00 e. The maximum atomic E-state index is 7.53. The van der Waals surface area contributed by atoms with Crippen molar-refractivity contribution in [2.45, 2.75) is 33.3 Å². The maximum Gasteiger partial charge on any atom is 0.145 e. The summed E-state index contributed by atoms with van der Waals surface area (Å²) in [6, 6.07) is 30.7. The van der Waals surface area contributed by atoms with Gasteiger partial charge in [-0.3, -0.25) is 9.97 Å². The number of fused-ring (bicyclic) bond motifs is 6. The molecule has 0 amide bonds. The molecule has 0 atom stereocenters. The first-order valence-corrected chi connectivity index (χ1v) is 18.9. The molecule has 0 aliphatic heterocycles. The van der Waals surface area contributed by atoms with E-state index < -0.39 is 21.8 Å². The third-order valence-electron chi connectivity index (χ3n) is 7.89. The molecule has 0 bridgehead atoms. The van der Waals surface area contributed by atoms with Crippen LogP contribution in [0, 0.1) is 13.7 Å². The van der Waals surface area contributed by atoms with Crippen LogP contribution in [0.1, 0.15) is 22.2 Å².